The van der Waals surface area contributed by atoms with E-state index < -0.39 is 11.9 Å². The number of hydrogen-bond donors (Lipinski definition) is 1. The Morgan fingerprint density at radius 3 is 2.85 bits per heavy atom. The van der Waals surface area contributed by atoms with E-state index in [1.165, 1.54) is 18.1 Å². The van der Waals surface area contributed by atoms with Crippen LogP contribution >= 0.6 is 23.2 Å². The Hall–Kier alpha value is -2.56. The van der Waals surface area contributed by atoms with Gasteiger partial charge >= 0.3 is 6.09 Å². The van der Waals surface area contributed by atoms with Crippen LogP contribution in [0.3, 0.4) is 0 Å². The molecule has 0 fully saturated rings. The number of nitriles is 1. The molecule has 1 aromatic carbocycles. The van der Waals surface area contributed by atoms with E-state index in [-0.39, 0.29) is 33.3 Å². The average molecular weight is 409 g/mol. The fourth-order valence-corrected chi connectivity index (χ4v) is 3.17. The minimum Gasteiger partial charge on any atom is -0.449 e. The number of H-pyrrole nitrogens is 1. The minimum absolute atomic E-state index is 0.147. The molecule has 0 unspecified atom stereocenters. The zero-order chi connectivity index (χ0) is 19.7. The van der Waals surface area contributed by atoms with Crippen LogP contribution in [0, 0.1) is 17.1 Å². The molecule has 140 valence electrons. The second-order valence-corrected chi connectivity index (χ2v) is 6.70. The molecule has 3 rings (SSSR count). The molecular formula is C18H15Cl2FN4O2. The van der Waals surface area contributed by atoms with Crippen LogP contribution < -0.4 is 4.90 Å². The van der Waals surface area contributed by atoms with Crippen LogP contribution in [0.25, 0.3) is 21.9 Å². The Bertz CT molecular complexity index is 1090. The molecule has 0 aliphatic carbocycles. The average Bonchev–Trinajstić information content (AvgIpc) is 3.03. The van der Waals surface area contributed by atoms with Gasteiger partial charge in [-0.1, -0.05) is 36.5 Å². The van der Waals surface area contributed by atoms with E-state index in [0.717, 1.165) is 18.9 Å². The molecule has 27 heavy (non-hydrogen) atoms. The molecule has 1 amide bonds. The summed E-state index contributed by atoms with van der Waals surface area (Å²) in [6, 6.07) is 2.95. The zero-order valence-corrected chi connectivity index (χ0v) is 16.1. The van der Waals surface area contributed by atoms with Gasteiger partial charge in [-0.05, 0) is 6.42 Å². The lowest BCUT2D eigenvalue weighted by molar-refractivity contribution is 0.153. The Morgan fingerprint density at radius 2 is 2.19 bits per heavy atom. The summed E-state index contributed by atoms with van der Waals surface area (Å²) in [6.07, 6.45) is 2.32. The Morgan fingerprint density at radius 1 is 1.44 bits per heavy atom. The van der Waals surface area contributed by atoms with E-state index in [9.17, 15) is 14.4 Å². The van der Waals surface area contributed by atoms with Crippen molar-refractivity contribution in [3.8, 4) is 6.07 Å². The molecule has 0 radical (unpaired) electrons. The summed E-state index contributed by atoms with van der Waals surface area (Å²) in [6.45, 7) is 2.24. The van der Waals surface area contributed by atoms with E-state index in [1.54, 1.807) is 0 Å². The van der Waals surface area contributed by atoms with Gasteiger partial charge in [-0.2, -0.15) is 5.26 Å². The molecule has 0 spiro atoms. The number of ether oxygens (including phenoxy) is 1. The van der Waals surface area contributed by atoms with Crippen LogP contribution in [-0.4, -0.2) is 29.7 Å². The third-order valence-corrected chi connectivity index (χ3v) is 4.97. The van der Waals surface area contributed by atoms with Crippen molar-refractivity contribution < 1.29 is 13.9 Å². The molecule has 0 atom stereocenters. The number of anilines is 1. The van der Waals surface area contributed by atoms with Crippen LogP contribution in [0.4, 0.5) is 14.9 Å². The van der Waals surface area contributed by atoms with Gasteiger partial charge in [-0.25, -0.2) is 14.2 Å². The number of unbranched alkanes of at least 4 members (excludes halogenated alkanes) is 1. The number of amides is 1. The van der Waals surface area contributed by atoms with Gasteiger partial charge in [-0.3, -0.25) is 4.90 Å². The molecular weight excluding hydrogens is 394 g/mol. The first-order valence-electron chi connectivity index (χ1n) is 8.19. The fourth-order valence-electron chi connectivity index (χ4n) is 2.79. The number of hydrogen-bond acceptors (Lipinski definition) is 4. The topological polar surface area (TPSA) is 82.0 Å². The van der Waals surface area contributed by atoms with E-state index in [1.807, 2.05) is 13.0 Å². The number of benzene rings is 1. The molecule has 2 heterocycles. The molecule has 9 heteroatoms. The first-order valence-corrected chi connectivity index (χ1v) is 8.94. The maximum Gasteiger partial charge on any atom is 0.414 e. The van der Waals surface area contributed by atoms with E-state index in [2.05, 4.69) is 9.97 Å². The van der Waals surface area contributed by atoms with Gasteiger partial charge in [-0.15, -0.1) is 0 Å². The quantitative estimate of drug-likeness (QED) is 0.585. The summed E-state index contributed by atoms with van der Waals surface area (Å²) in [7, 11) is 1.46. The number of aromatic nitrogens is 2. The Kier molecular flexibility index (Phi) is 5.40. The van der Waals surface area contributed by atoms with Gasteiger partial charge in [0.15, 0.2) is 0 Å². The number of halogens is 3. The number of nitrogens with one attached hydrogen (secondary N) is 1. The van der Waals surface area contributed by atoms with E-state index >= 15 is 0 Å². The smallest absolute Gasteiger partial charge is 0.414 e. The van der Waals surface area contributed by atoms with Crippen LogP contribution in [-0.2, 0) is 4.74 Å². The first-order chi connectivity index (χ1) is 12.9. The summed E-state index contributed by atoms with van der Waals surface area (Å²) in [4.78, 5) is 20.6. The maximum absolute atomic E-state index is 14.6. The predicted molar refractivity (Wildman–Crippen MR) is 103 cm³/mol. The van der Waals surface area contributed by atoms with Gasteiger partial charge in [0.1, 0.15) is 17.5 Å². The standard InChI is InChI=1S/C18H15Cl2FN4O2/c1-3-4-5-27-18(26)25(2)12-6-11(21)9(7-22)13-14-15(20)10(19)8-23-17(14)24-16(12)13/h6,8H,3-5H2,1-2H3,(H,23,24). The Balaban J connectivity index is 2.25. The molecule has 0 saturated heterocycles. The lowest BCUT2D eigenvalue weighted by Crippen LogP contribution is -2.27. The van der Waals surface area contributed by atoms with Gasteiger partial charge in [0, 0.05) is 30.1 Å². The maximum atomic E-state index is 14.6. The molecule has 0 bridgehead atoms. The highest BCUT2D eigenvalue weighted by Crippen LogP contribution is 2.40. The van der Waals surface area contributed by atoms with Crippen molar-refractivity contribution in [2.75, 3.05) is 18.6 Å². The molecule has 3 aromatic rings. The molecule has 0 aliphatic rings. The number of pyridine rings is 1. The number of carbonyl (C=O) groups excluding carboxylic acids is 1. The highest BCUT2D eigenvalue weighted by atomic mass is 35.5. The zero-order valence-electron chi connectivity index (χ0n) is 14.6. The first kappa shape index (κ1) is 19.2. The van der Waals surface area contributed by atoms with Crippen molar-refractivity contribution in [2.24, 2.45) is 0 Å². The minimum atomic E-state index is -0.787. The van der Waals surface area contributed by atoms with Gasteiger partial charge in [0.05, 0.1) is 33.4 Å². The van der Waals surface area contributed by atoms with Gasteiger partial charge < -0.3 is 9.72 Å². The number of nitrogens with zero attached hydrogens (tertiary/aromatic N) is 3. The van der Waals surface area contributed by atoms with Crippen LogP contribution in [0.15, 0.2) is 12.3 Å². The largest absolute Gasteiger partial charge is 0.449 e. The van der Waals surface area contributed by atoms with Crippen molar-refractivity contribution in [1.29, 1.82) is 5.26 Å². The van der Waals surface area contributed by atoms with Gasteiger partial charge in [0.2, 0.25) is 0 Å². The van der Waals surface area contributed by atoms with Crippen LogP contribution in [0.2, 0.25) is 10.0 Å². The summed E-state index contributed by atoms with van der Waals surface area (Å²) >= 11 is 12.3. The molecule has 0 saturated carbocycles. The summed E-state index contributed by atoms with van der Waals surface area (Å²) in [5.41, 5.74) is 0.664. The summed E-state index contributed by atoms with van der Waals surface area (Å²) < 4.78 is 19.8. The number of aromatic amines is 1. The number of fused-ring (bicyclic) bond motifs is 3. The normalized spacial score (nSPS) is 11.0. The monoisotopic (exact) mass is 408 g/mol. The molecule has 2 aromatic heterocycles. The lowest BCUT2D eigenvalue weighted by Gasteiger charge is -2.18. The summed E-state index contributed by atoms with van der Waals surface area (Å²) in [5.74, 6) is -0.787. The van der Waals surface area contributed by atoms with Crippen molar-refractivity contribution >= 4 is 56.9 Å². The number of carbonyl (C=O) groups is 1. The SMILES string of the molecule is CCCCOC(=O)N(C)c1cc(F)c(C#N)c2c1[nH]c1ncc(Cl)c(Cl)c12. The van der Waals surface area contributed by atoms with E-state index in [4.69, 9.17) is 27.9 Å². The van der Waals surface area contributed by atoms with E-state index in [0.29, 0.717) is 16.6 Å². The molecule has 6 nitrogen and oxygen atoms in total. The second-order valence-electron chi connectivity index (χ2n) is 5.91. The third kappa shape index (κ3) is 3.27. The highest BCUT2D eigenvalue weighted by molar-refractivity contribution is 6.46. The van der Waals surface area contributed by atoms with Crippen LogP contribution in [0.1, 0.15) is 25.3 Å². The predicted octanol–water partition coefficient (Wildman–Crippen LogP) is 5.41. The van der Waals surface area contributed by atoms with Crippen molar-refractivity contribution in [1.82, 2.24) is 9.97 Å². The highest BCUT2D eigenvalue weighted by Gasteiger charge is 2.24. The Labute approximate surface area is 164 Å². The van der Waals surface area contributed by atoms with Gasteiger partial charge in [0.25, 0.3) is 0 Å². The fraction of sp³-hybridized carbons (Fsp3) is 0.278. The van der Waals surface area contributed by atoms with Crippen molar-refractivity contribution in [3.05, 3.63) is 33.7 Å². The van der Waals surface area contributed by atoms with Crippen molar-refractivity contribution in [3.63, 3.8) is 0 Å². The number of rotatable bonds is 4. The summed E-state index contributed by atoms with van der Waals surface area (Å²) in [5, 5.41) is 10.3. The second kappa shape index (κ2) is 7.59. The lowest BCUT2D eigenvalue weighted by atomic mass is 10.1. The molecule has 0 aliphatic heterocycles. The van der Waals surface area contributed by atoms with Crippen molar-refractivity contribution in [2.45, 2.75) is 19.8 Å². The molecule has 1 N–H and O–H groups in total. The van der Waals surface area contributed by atoms with Crippen LogP contribution in [0.5, 0.6) is 0 Å². The third-order valence-electron chi connectivity index (χ3n) is 4.20.